The quantitative estimate of drug-likeness (QED) is 0.210. The monoisotopic (exact) mass is 542 g/mol. The molecule has 0 saturated carbocycles. The van der Waals surface area contributed by atoms with E-state index in [9.17, 15) is 22.8 Å². The topological polar surface area (TPSA) is 150 Å². The van der Waals surface area contributed by atoms with Gasteiger partial charge in [0.1, 0.15) is 0 Å². The second kappa shape index (κ2) is 13.6. The Balaban J connectivity index is 1.33. The van der Waals surface area contributed by atoms with Gasteiger partial charge in [0.15, 0.2) is 0 Å². The minimum Gasteiger partial charge on any atom is -0.379 e. The van der Waals surface area contributed by atoms with Gasteiger partial charge in [0.05, 0.1) is 36.0 Å². The summed E-state index contributed by atoms with van der Waals surface area (Å²) >= 11 is 0. The molecule has 1 aliphatic heterocycles. The number of ether oxygens (including phenoxy) is 1. The maximum absolute atomic E-state index is 12.5. The summed E-state index contributed by atoms with van der Waals surface area (Å²) < 4.78 is 32.7. The van der Waals surface area contributed by atoms with Gasteiger partial charge in [-0.2, -0.15) is 10.2 Å². The van der Waals surface area contributed by atoms with Crippen molar-refractivity contribution >= 4 is 44.8 Å². The zero-order valence-electron chi connectivity index (χ0n) is 21.2. The van der Waals surface area contributed by atoms with Crippen LogP contribution >= 0.6 is 0 Å². The van der Waals surface area contributed by atoms with Gasteiger partial charge in [-0.25, -0.2) is 13.1 Å². The second-order valence-electron chi connectivity index (χ2n) is 8.38. The van der Waals surface area contributed by atoms with E-state index in [4.69, 9.17) is 4.74 Å². The molecule has 2 N–H and O–H groups in total. The largest absolute Gasteiger partial charge is 0.379 e. The van der Waals surface area contributed by atoms with E-state index < -0.39 is 10.0 Å². The molecule has 0 radical (unpaired) electrons. The van der Waals surface area contributed by atoms with Gasteiger partial charge in [0, 0.05) is 51.4 Å². The molecule has 13 heteroatoms. The average molecular weight is 543 g/mol. The number of amides is 3. The Hall–Kier alpha value is -3.94. The van der Waals surface area contributed by atoms with E-state index in [2.05, 4.69) is 20.3 Å². The molecule has 0 fully saturated rings. The molecule has 3 amide bonds. The smallest absolute Gasteiger partial charge is 0.253 e. The molecule has 38 heavy (non-hydrogen) atoms. The minimum atomic E-state index is -3.76. The maximum Gasteiger partial charge on any atom is 0.253 e. The third kappa shape index (κ3) is 8.57. The van der Waals surface area contributed by atoms with Gasteiger partial charge in [-0.1, -0.05) is 0 Å². The number of hydrogen-bond donors (Lipinski definition) is 2. The average Bonchev–Trinajstić information content (AvgIpc) is 3.22. The van der Waals surface area contributed by atoms with Crippen LogP contribution in [0.3, 0.4) is 0 Å². The molecule has 12 nitrogen and oxygen atoms in total. The minimum absolute atomic E-state index is 0.00547. The lowest BCUT2D eigenvalue weighted by atomic mass is 10.3. The van der Waals surface area contributed by atoms with E-state index >= 15 is 0 Å². The predicted molar refractivity (Wildman–Crippen MR) is 141 cm³/mol. The summed E-state index contributed by atoms with van der Waals surface area (Å²) in [5, 5.41) is 10.9. The lowest BCUT2D eigenvalue weighted by Crippen LogP contribution is -2.35. The maximum atomic E-state index is 12.5. The lowest BCUT2D eigenvalue weighted by molar-refractivity contribution is -0.138. The number of imide groups is 1. The van der Waals surface area contributed by atoms with Gasteiger partial charge in [-0.05, 0) is 48.5 Å². The third-order valence-electron chi connectivity index (χ3n) is 5.37. The molecule has 0 atom stereocenters. The highest BCUT2D eigenvalue weighted by Crippen LogP contribution is 2.22. The molecule has 2 aromatic carbocycles. The molecule has 1 aliphatic rings. The predicted octanol–water partition coefficient (Wildman–Crippen LogP) is 1.89. The fourth-order valence-corrected chi connectivity index (χ4v) is 4.29. The van der Waals surface area contributed by atoms with E-state index in [1.54, 1.807) is 12.1 Å². The first-order valence-electron chi connectivity index (χ1n) is 11.8. The Morgan fingerprint density at radius 1 is 0.895 bits per heavy atom. The highest BCUT2D eigenvalue weighted by atomic mass is 32.2. The van der Waals surface area contributed by atoms with Gasteiger partial charge < -0.3 is 15.0 Å². The number of benzene rings is 2. The summed E-state index contributed by atoms with van der Waals surface area (Å²) in [7, 11) is 0.129. The van der Waals surface area contributed by atoms with Crippen LogP contribution < -0.4 is 14.9 Å². The molecule has 0 unspecified atom stereocenters. The van der Waals surface area contributed by atoms with Crippen molar-refractivity contribution in [1.29, 1.82) is 0 Å². The highest BCUT2D eigenvalue weighted by Gasteiger charge is 2.22. The summed E-state index contributed by atoms with van der Waals surface area (Å²) in [4.78, 5) is 37.8. The van der Waals surface area contributed by atoms with Crippen LogP contribution in [0.2, 0.25) is 0 Å². The molecule has 2 aromatic rings. The second-order valence-corrected chi connectivity index (χ2v) is 10.1. The van der Waals surface area contributed by atoms with Gasteiger partial charge in [0.2, 0.25) is 15.9 Å². The zero-order chi connectivity index (χ0) is 27.5. The number of nitrogens with zero attached hydrogens (tertiary/aromatic N) is 4. The van der Waals surface area contributed by atoms with Crippen molar-refractivity contribution in [2.75, 3.05) is 51.8 Å². The molecule has 1 heterocycles. The Labute approximate surface area is 221 Å². The Bertz CT molecular complexity index is 1270. The van der Waals surface area contributed by atoms with Crippen molar-refractivity contribution in [3.63, 3.8) is 0 Å². The summed E-state index contributed by atoms with van der Waals surface area (Å²) in [6, 6.07) is 13.5. The van der Waals surface area contributed by atoms with Crippen molar-refractivity contribution in [3.8, 4) is 0 Å². The van der Waals surface area contributed by atoms with E-state index in [1.165, 1.54) is 24.3 Å². The molecule has 202 valence electrons. The normalized spacial score (nSPS) is 13.5. The first-order valence-corrected chi connectivity index (χ1v) is 13.3. The van der Waals surface area contributed by atoms with Gasteiger partial charge in [-0.3, -0.25) is 19.3 Å². The lowest BCUT2D eigenvalue weighted by Gasteiger charge is -2.13. The standard InChI is InChI=1S/C25H30N6O6S/c1-30(2)21-7-3-19(4-8-21)28-29-20-5-9-22(10-6-20)38(35,36)27-15-14-26-23(32)13-17-37-18-16-31-24(33)11-12-25(31)34/h3-12,27H,13-18H2,1-2H3,(H,26,32). The van der Waals surface area contributed by atoms with Crippen LogP contribution in [0.1, 0.15) is 6.42 Å². The number of carbonyl (C=O) groups is 3. The zero-order valence-corrected chi connectivity index (χ0v) is 22.0. The van der Waals surface area contributed by atoms with E-state index in [-0.39, 0.29) is 61.9 Å². The molecule has 3 rings (SSSR count). The van der Waals surface area contributed by atoms with Crippen molar-refractivity contribution in [3.05, 3.63) is 60.7 Å². The Morgan fingerprint density at radius 3 is 2.05 bits per heavy atom. The molecule has 0 spiro atoms. The van der Waals surface area contributed by atoms with Gasteiger partial charge in [0.25, 0.3) is 11.8 Å². The van der Waals surface area contributed by atoms with E-state index in [0.29, 0.717) is 11.4 Å². The Morgan fingerprint density at radius 2 is 1.47 bits per heavy atom. The number of hydrogen-bond acceptors (Lipinski definition) is 9. The first kappa shape index (κ1) is 28.6. The first-order chi connectivity index (χ1) is 18.2. The summed E-state index contributed by atoms with van der Waals surface area (Å²) in [6.07, 6.45) is 2.44. The fraction of sp³-hybridized carbons (Fsp3) is 0.320. The number of nitrogens with one attached hydrogen (secondary N) is 2. The molecule has 0 saturated heterocycles. The SMILES string of the molecule is CN(C)c1ccc(N=Nc2ccc(S(=O)(=O)NCCNC(=O)CCOCCN3C(=O)C=CC3=O)cc2)cc1. The molecular weight excluding hydrogens is 512 g/mol. The number of azo groups is 1. The van der Waals surface area contributed by atoms with Crippen molar-refractivity contribution in [2.24, 2.45) is 10.2 Å². The summed E-state index contributed by atoms with van der Waals surface area (Å²) in [6.45, 7) is 0.441. The summed E-state index contributed by atoms with van der Waals surface area (Å²) in [5.41, 5.74) is 2.22. The van der Waals surface area contributed by atoms with Crippen LogP contribution in [-0.4, -0.2) is 78.0 Å². The number of sulfonamides is 1. The van der Waals surface area contributed by atoms with Crippen LogP contribution in [0.4, 0.5) is 17.1 Å². The van der Waals surface area contributed by atoms with Crippen molar-refractivity contribution < 1.29 is 27.5 Å². The van der Waals surface area contributed by atoms with Crippen molar-refractivity contribution in [2.45, 2.75) is 11.3 Å². The van der Waals surface area contributed by atoms with Crippen molar-refractivity contribution in [1.82, 2.24) is 14.9 Å². The van der Waals surface area contributed by atoms with E-state index in [1.807, 2.05) is 43.3 Å². The number of anilines is 1. The van der Waals surface area contributed by atoms with Crippen LogP contribution in [-0.2, 0) is 29.1 Å². The molecule has 0 bridgehead atoms. The van der Waals surface area contributed by atoms with Crippen LogP contribution in [0.15, 0.2) is 75.8 Å². The van der Waals surface area contributed by atoms with E-state index in [0.717, 1.165) is 10.6 Å². The third-order valence-corrected chi connectivity index (χ3v) is 6.84. The summed E-state index contributed by atoms with van der Waals surface area (Å²) in [5.74, 6) is -1.09. The van der Waals surface area contributed by atoms with Crippen LogP contribution in [0.25, 0.3) is 0 Å². The molecular formula is C25H30N6O6S. The van der Waals surface area contributed by atoms with Crippen LogP contribution in [0, 0.1) is 0 Å². The number of carbonyl (C=O) groups excluding carboxylic acids is 3. The Kier molecular flexibility index (Phi) is 10.2. The van der Waals surface area contributed by atoms with Crippen LogP contribution in [0.5, 0.6) is 0 Å². The molecule has 0 aromatic heterocycles. The van der Waals surface area contributed by atoms with Gasteiger partial charge in [-0.15, -0.1) is 0 Å². The molecule has 0 aliphatic carbocycles. The number of rotatable bonds is 14. The fourth-order valence-electron chi connectivity index (χ4n) is 3.26. The highest BCUT2D eigenvalue weighted by molar-refractivity contribution is 7.89. The van der Waals surface area contributed by atoms with Gasteiger partial charge >= 0.3 is 0 Å².